The molecule has 1 N–H and O–H groups in total. The Bertz CT molecular complexity index is 625. The quantitative estimate of drug-likeness (QED) is 0.875. The molecular formula is C15H14F2O3. The minimum Gasteiger partial charge on any atom is -0.461 e. The normalized spacial score (nSPS) is 13.2. The molecule has 0 radical (unpaired) electrons. The van der Waals surface area contributed by atoms with Crippen molar-refractivity contribution in [2.45, 2.75) is 19.0 Å². The maximum absolute atomic E-state index is 13.8. The first kappa shape index (κ1) is 14.4. The number of hydrogen-bond donors (Lipinski definition) is 1. The van der Waals surface area contributed by atoms with Gasteiger partial charge in [-0.2, -0.15) is 8.78 Å². The van der Waals surface area contributed by atoms with E-state index < -0.39 is 18.0 Å². The van der Waals surface area contributed by atoms with Gasteiger partial charge in [-0.15, -0.1) is 0 Å². The van der Waals surface area contributed by atoms with Crippen LogP contribution in [0.3, 0.4) is 0 Å². The topological polar surface area (TPSA) is 46.5 Å². The maximum atomic E-state index is 13.8. The molecule has 0 aliphatic carbocycles. The summed E-state index contributed by atoms with van der Waals surface area (Å²) in [7, 11) is 0. The molecule has 0 aromatic heterocycles. The monoisotopic (exact) mass is 280 g/mol. The first-order valence-electron chi connectivity index (χ1n) is 6.18. The molecule has 0 saturated carbocycles. The molecule has 0 fully saturated rings. The zero-order valence-electron chi connectivity index (χ0n) is 10.8. The summed E-state index contributed by atoms with van der Waals surface area (Å²) in [6.45, 7) is 1.26. The molecule has 2 aromatic carbocycles. The molecule has 1 atom stereocenters. The summed E-state index contributed by atoms with van der Waals surface area (Å²) in [5, 5.41) is 11.3. The van der Waals surface area contributed by atoms with Crippen LogP contribution in [0.5, 0.6) is 0 Å². The molecular weight excluding hydrogens is 266 g/mol. The van der Waals surface area contributed by atoms with Gasteiger partial charge in [0.1, 0.15) is 0 Å². The lowest BCUT2D eigenvalue weighted by Crippen LogP contribution is -2.37. The Balaban J connectivity index is 2.35. The average Bonchev–Trinajstić information content (AvgIpc) is 2.46. The molecule has 106 valence electrons. The summed E-state index contributed by atoms with van der Waals surface area (Å²) in [6, 6.07) is 11.6. The van der Waals surface area contributed by atoms with Crippen LogP contribution in [-0.2, 0) is 9.53 Å². The Kier molecular flexibility index (Phi) is 3.99. The molecule has 3 nitrogen and oxygen atoms in total. The van der Waals surface area contributed by atoms with Gasteiger partial charge in [0.15, 0.2) is 6.10 Å². The number of ether oxygens (including phenoxy) is 1. The van der Waals surface area contributed by atoms with Crippen LogP contribution in [0.25, 0.3) is 10.8 Å². The maximum Gasteiger partial charge on any atom is 0.380 e. The van der Waals surface area contributed by atoms with Crippen LogP contribution < -0.4 is 0 Å². The fourth-order valence-electron chi connectivity index (χ4n) is 1.93. The predicted octanol–water partition coefficient (Wildman–Crippen LogP) is 3.07. The summed E-state index contributed by atoms with van der Waals surface area (Å²) in [6.07, 6.45) is -2.23. The lowest BCUT2D eigenvalue weighted by atomic mass is 10.00. The van der Waals surface area contributed by atoms with E-state index in [2.05, 4.69) is 4.74 Å². The standard InChI is InChI=1S/C15H14F2O3/c1-2-20-14(19)15(16,17)13(18)12-8-7-10-5-3-4-6-11(10)9-12/h3-9,13,18H,2H2,1H3/t13-/m1/s1. The van der Waals surface area contributed by atoms with Crippen LogP contribution in [0.2, 0.25) is 0 Å². The van der Waals surface area contributed by atoms with Gasteiger partial charge >= 0.3 is 11.9 Å². The highest BCUT2D eigenvalue weighted by molar-refractivity contribution is 5.84. The minimum atomic E-state index is -3.97. The Morgan fingerprint density at radius 2 is 1.90 bits per heavy atom. The summed E-state index contributed by atoms with van der Waals surface area (Å²) < 4.78 is 31.8. The van der Waals surface area contributed by atoms with E-state index in [-0.39, 0.29) is 12.2 Å². The number of halogens is 2. The van der Waals surface area contributed by atoms with Crippen LogP contribution in [0.4, 0.5) is 8.78 Å². The summed E-state index contributed by atoms with van der Waals surface area (Å²) in [5.41, 5.74) is -0.0262. The number of carbonyl (C=O) groups excluding carboxylic acids is 1. The molecule has 2 aromatic rings. The van der Waals surface area contributed by atoms with Crippen molar-refractivity contribution in [3.8, 4) is 0 Å². The number of esters is 1. The van der Waals surface area contributed by atoms with Gasteiger partial charge in [0.25, 0.3) is 0 Å². The molecule has 0 amide bonds. The van der Waals surface area contributed by atoms with Gasteiger partial charge in [0.05, 0.1) is 6.61 Å². The van der Waals surface area contributed by atoms with Gasteiger partial charge in [-0.05, 0) is 29.3 Å². The molecule has 0 heterocycles. The second-order valence-corrected chi connectivity index (χ2v) is 4.35. The molecule has 20 heavy (non-hydrogen) atoms. The third-order valence-electron chi connectivity index (χ3n) is 2.98. The average molecular weight is 280 g/mol. The van der Waals surface area contributed by atoms with Gasteiger partial charge < -0.3 is 9.84 Å². The molecule has 0 aliphatic heterocycles. The lowest BCUT2D eigenvalue weighted by Gasteiger charge is -2.21. The van der Waals surface area contributed by atoms with E-state index in [0.29, 0.717) is 5.39 Å². The van der Waals surface area contributed by atoms with Crippen LogP contribution in [0, 0.1) is 0 Å². The SMILES string of the molecule is CCOC(=O)C(F)(F)[C@H](O)c1ccc2ccccc2c1. The predicted molar refractivity (Wildman–Crippen MR) is 70.5 cm³/mol. The Morgan fingerprint density at radius 3 is 2.55 bits per heavy atom. The highest BCUT2D eigenvalue weighted by Crippen LogP contribution is 2.33. The molecule has 0 aliphatic rings. The van der Waals surface area contributed by atoms with E-state index in [1.165, 1.54) is 19.1 Å². The molecule has 0 saturated heterocycles. The first-order valence-corrected chi connectivity index (χ1v) is 6.18. The fraction of sp³-hybridized carbons (Fsp3) is 0.267. The summed E-state index contributed by atoms with van der Waals surface area (Å²) in [5.74, 6) is -5.70. The zero-order chi connectivity index (χ0) is 14.8. The molecule has 5 heteroatoms. The van der Waals surface area contributed by atoms with E-state index in [0.717, 1.165) is 5.39 Å². The second kappa shape index (κ2) is 5.54. The molecule has 0 bridgehead atoms. The summed E-state index contributed by atoms with van der Waals surface area (Å²) >= 11 is 0. The van der Waals surface area contributed by atoms with Gasteiger partial charge in [0, 0.05) is 0 Å². The van der Waals surface area contributed by atoms with Gasteiger partial charge in [-0.1, -0.05) is 36.4 Å². The van der Waals surface area contributed by atoms with Gasteiger partial charge in [-0.25, -0.2) is 4.79 Å². The van der Waals surface area contributed by atoms with Crippen molar-refractivity contribution in [3.63, 3.8) is 0 Å². The fourth-order valence-corrected chi connectivity index (χ4v) is 1.93. The van der Waals surface area contributed by atoms with Crippen molar-refractivity contribution < 1.29 is 23.4 Å². The van der Waals surface area contributed by atoms with Crippen molar-refractivity contribution in [2.75, 3.05) is 6.61 Å². The van der Waals surface area contributed by atoms with E-state index in [4.69, 9.17) is 0 Å². The Hall–Kier alpha value is -2.01. The van der Waals surface area contributed by atoms with Crippen molar-refractivity contribution in [2.24, 2.45) is 0 Å². The number of aliphatic hydroxyl groups is 1. The van der Waals surface area contributed by atoms with Crippen molar-refractivity contribution in [1.82, 2.24) is 0 Å². The number of aliphatic hydroxyl groups excluding tert-OH is 1. The largest absolute Gasteiger partial charge is 0.461 e. The minimum absolute atomic E-state index is 0.0262. The Morgan fingerprint density at radius 1 is 1.25 bits per heavy atom. The first-order chi connectivity index (χ1) is 9.46. The van der Waals surface area contributed by atoms with Crippen LogP contribution in [-0.4, -0.2) is 23.6 Å². The van der Waals surface area contributed by atoms with E-state index in [1.807, 2.05) is 12.1 Å². The second-order valence-electron chi connectivity index (χ2n) is 4.35. The van der Waals surface area contributed by atoms with Crippen LogP contribution in [0.1, 0.15) is 18.6 Å². The van der Waals surface area contributed by atoms with Crippen LogP contribution in [0.15, 0.2) is 42.5 Å². The number of fused-ring (bicyclic) bond motifs is 1. The van der Waals surface area contributed by atoms with Crippen molar-refractivity contribution in [1.29, 1.82) is 0 Å². The number of carbonyl (C=O) groups is 1. The van der Waals surface area contributed by atoms with E-state index in [1.54, 1.807) is 18.2 Å². The zero-order valence-corrected chi connectivity index (χ0v) is 10.8. The molecule has 0 spiro atoms. The summed E-state index contributed by atoms with van der Waals surface area (Å²) in [4.78, 5) is 11.2. The lowest BCUT2D eigenvalue weighted by molar-refractivity contribution is -0.189. The number of benzene rings is 2. The van der Waals surface area contributed by atoms with E-state index >= 15 is 0 Å². The third kappa shape index (κ3) is 2.63. The van der Waals surface area contributed by atoms with Gasteiger partial charge in [-0.3, -0.25) is 0 Å². The highest BCUT2D eigenvalue weighted by atomic mass is 19.3. The van der Waals surface area contributed by atoms with E-state index in [9.17, 15) is 18.7 Å². The van der Waals surface area contributed by atoms with Gasteiger partial charge in [0.2, 0.25) is 0 Å². The molecule has 2 rings (SSSR count). The number of alkyl halides is 2. The third-order valence-corrected chi connectivity index (χ3v) is 2.98. The number of hydrogen-bond acceptors (Lipinski definition) is 3. The Labute approximate surface area is 114 Å². The van der Waals surface area contributed by atoms with Crippen LogP contribution >= 0.6 is 0 Å². The van der Waals surface area contributed by atoms with Crippen molar-refractivity contribution >= 4 is 16.7 Å². The highest BCUT2D eigenvalue weighted by Gasteiger charge is 2.49. The molecule has 0 unspecified atom stereocenters. The smallest absolute Gasteiger partial charge is 0.380 e. The number of rotatable bonds is 4. The van der Waals surface area contributed by atoms with Crippen molar-refractivity contribution in [3.05, 3.63) is 48.0 Å².